The van der Waals surface area contributed by atoms with Gasteiger partial charge in [-0.3, -0.25) is 5.32 Å². The molecule has 0 aliphatic carbocycles. The molecule has 18 heavy (non-hydrogen) atoms. The predicted octanol–water partition coefficient (Wildman–Crippen LogP) is 0.948. The number of carbonyl (C=O) groups is 2. The number of carboxylic acids is 1. The molecule has 1 saturated heterocycles. The number of urea groups is 1. The number of piperidine rings is 1. The Morgan fingerprint density at radius 2 is 2.06 bits per heavy atom. The van der Waals surface area contributed by atoms with Gasteiger partial charge in [-0.2, -0.15) is 0 Å². The van der Waals surface area contributed by atoms with Gasteiger partial charge < -0.3 is 10.0 Å². The summed E-state index contributed by atoms with van der Waals surface area (Å²) in [5.74, 6) is -0.795. The van der Waals surface area contributed by atoms with Crippen molar-refractivity contribution in [3.8, 4) is 0 Å². The lowest BCUT2D eigenvalue weighted by Gasteiger charge is -2.32. The fraction of sp³-hybridized carbons (Fsp3) is 0.455. The van der Waals surface area contributed by atoms with Crippen LogP contribution in [0, 0.1) is 0 Å². The molecule has 1 unspecified atom stereocenters. The Balaban J connectivity index is 2.05. The summed E-state index contributed by atoms with van der Waals surface area (Å²) >= 11 is 0. The second-order valence-corrected chi connectivity index (χ2v) is 4.05. The molecule has 96 valence electrons. The Morgan fingerprint density at radius 3 is 2.72 bits per heavy atom. The summed E-state index contributed by atoms with van der Waals surface area (Å²) < 4.78 is 0. The number of carbonyl (C=O) groups excluding carboxylic acids is 1. The maximum atomic E-state index is 12.0. The van der Waals surface area contributed by atoms with Crippen LogP contribution in [0.15, 0.2) is 18.5 Å². The number of hydrogen-bond donors (Lipinski definition) is 2. The SMILES string of the molecule is O=C(O)C1CCCCN1C(=O)Nc1ncccn1. The zero-order valence-electron chi connectivity index (χ0n) is 9.74. The van der Waals surface area contributed by atoms with Gasteiger partial charge in [-0.15, -0.1) is 0 Å². The third-order valence-corrected chi connectivity index (χ3v) is 2.83. The average molecular weight is 250 g/mol. The molecule has 0 saturated carbocycles. The molecule has 1 aliphatic heterocycles. The number of likely N-dealkylation sites (tertiary alicyclic amines) is 1. The van der Waals surface area contributed by atoms with E-state index in [1.54, 1.807) is 6.07 Å². The lowest BCUT2D eigenvalue weighted by atomic mass is 10.0. The molecule has 1 atom stereocenters. The molecule has 2 N–H and O–H groups in total. The number of aliphatic carboxylic acids is 1. The highest BCUT2D eigenvalue weighted by Crippen LogP contribution is 2.18. The Kier molecular flexibility index (Phi) is 3.71. The number of carboxylic acid groups (broad SMARTS) is 1. The molecule has 0 aromatic carbocycles. The van der Waals surface area contributed by atoms with E-state index in [1.165, 1.54) is 17.3 Å². The van der Waals surface area contributed by atoms with Crippen molar-refractivity contribution < 1.29 is 14.7 Å². The molecule has 0 radical (unpaired) electrons. The fourth-order valence-electron chi connectivity index (χ4n) is 1.96. The third-order valence-electron chi connectivity index (χ3n) is 2.83. The highest BCUT2D eigenvalue weighted by atomic mass is 16.4. The van der Waals surface area contributed by atoms with Crippen LogP contribution in [0.3, 0.4) is 0 Å². The van der Waals surface area contributed by atoms with Gasteiger partial charge in [0.1, 0.15) is 6.04 Å². The molecule has 1 aromatic heterocycles. The van der Waals surface area contributed by atoms with Crippen molar-refractivity contribution in [3.63, 3.8) is 0 Å². The van der Waals surface area contributed by atoms with Crippen LogP contribution in [0.25, 0.3) is 0 Å². The lowest BCUT2D eigenvalue weighted by molar-refractivity contribution is -0.143. The van der Waals surface area contributed by atoms with Gasteiger partial charge in [0.2, 0.25) is 5.95 Å². The van der Waals surface area contributed by atoms with Gasteiger partial charge in [0.15, 0.2) is 0 Å². The zero-order valence-corrected chi connectivity index (χ0v) is 9.74. The smallest absolute Gasteiger partial charge is 0.326 e. The molecule has 2 heterocycles. The van der Waals surface area contributed by atoms with Crippen molar-refractivity contribution in [2.24, 2.45) is 0 Å². The molecule has 0 spiro atoms. The first-order valence-electron chi connectivity index (χ1n) is 5.76. The lowest BCUT2D eigenvalue weighted by Crippen LogP contribution is -2.49. The van der Waals surface area contributed by atoms with Gasteiger partial charge in [-0.1, -0.05) is 0 Å². The van der Waals surface area contributed by atoms with Crippen molar-refractivity contribution in [1.29, 1.82) is 0 Å². The second kappa shape index (κ2) is 5.44. The van der Waals surface area contributed by atoms with Gasteiger partial charge >= 0.3 is 12.0 Å². The molecule has 2 rings (SSSR count). The van der Waals surface area contributed by atoms with Gasteiger partial charge in [-0.25, -0.2) is 19.6 Å². The largest absolute Gasteiger partial charge is 0.480 e. The minimum atomic E-state index is -0.973. The van der Waals surface area contributed by atoms with E-state index in [2.05, 4.69) is 15.3 Å². The van der Waals surface area contributed by atoms with Gasteiger partial charge in [0.25, 0.3) is 0 Å². The first kappa shape index (κ1) is 12.3. The number of anilines is 1. The summed E-state index contributed by atoms with van der Waals surface area (Å²) in [7, 11) is 0. The molecule has 1 aromatic rings. The minimum absolute atomic E-state index is 0.178. The van der Waals surface area contributed by atoms with E-state index in [-0.39, 0.29) is 5.95 Å². The standard InChI is InChI=1S/C11H14N4O3/c16-9(17)8-4-1-2-7-15(8)11(18)14-10-12-5-3-6-13-10/h3,5-6,8H,1-2,4,7H2,(H,16,17)(H,12,13,14,18). The van der Waals surface area contributed by atoms with Crippen molar-refractivity contribution in [2.75, 3.05) is 11.9 Å². The zero-order chi connectivity index (χ0) is 13.0. The average Bonchev–Trinajstić information content (AvgIpc) is 2.40. The Hall–Kier alpha value is -2.18. The summed E-state index contributed by atoms with van der Waals surface area (Å²) in [5.41, 5.74) is 0. The normalized spacial score (nSPS) is 19.3. The summed E-state index contributed by atoms with van der Waals surface area (Å²) in [6.07, 6.45) is 5.13. The molecule has 0 bridgehead atoms. The van der Waals surface area contributed by atoms with Gasteiger partial charge in [0.05, 0.1) is 0 Å². The van der Waals surface area contributed by atoms with Crippen LogP contribution in [0.5, 0.6) is 0 Å². The number of nitrogens with zero attached hydrogens (tertiary/aromatic N) is 3. The van der Waals surface area contributed by atoms with Crippen molar-refractivity contribution in [2.45, 2.75) is 25.3 Å². The quantitative estimate of drug-likeness (QED) is 0.814. The van der Waals surface area contributed by atoms with E-state index in [4.69, 9.17) is 5.11 Å². The van der Waals surface area contributed by atoms with Crippen LogP contribution in [0.1, 0.15) is 19.3 Å². The monoisotopic (exact) mass is 250 g/mol. The molecule has 1 aliphatic rings. The highest BCUT2D eigenvalue weighted by molar-refractivity contribution is 5.91. The third kappa shape index (κ3) is 2.73. The summed E-state index contributed by atoms with van der Waals surface area (Å²) in [6.45, 7) is 0.440. The highest BCUT2D eigenvalue weighted by Gasteiger charge is 2.32. The molecular formula is C11H14N4O3. The number of amides is 2. The van der Waals surface area contributed by atoms with E-state index in [9.17, 15) is 9.59 Å². The number of hydrogen-bond acceptors (Lipinski definition) is 4. The Labute approximate surface area is 104 Å². The van der Waals surface area contributed by atoms with E-state index < -0.39 is 18.0 Å². The Morgan fingerprint density at radius 1 is 1.33 bits per heavy atom. The molecule has 7 heteroatoms. The van der Waals surface area contributed by atoms with E-state index >= 15 is 0 Å². The number of nitrogens with one attached hydrogen (secondary N) is 1. The van der Waals surface area contributed by atoms with E-state index in [1.807, 2.05) is 0 Å². The van der Waals surface area contributed by atoms with Crippen LogP contribution in [0.2, 0.25) is 0 Å². The minimum Gasteiger partial charge on any atom is -0.480 e. The van der Waals surface area contributed by atoms with Crippen molar-refractivity contribution in [1.82, 2.24) is 14.9 Å². The maximum absolute atomic E-state index is 12.0. The maximum Gasteiger partial charge on any atom is 0.326 e. The van der Waals surface area contributed by atoms with Crippen LogP contribution >= 0.6 is 0 Å². The second-order valence-electron chi connectivity index (χ2n) is 4.05. The predicted molar refractivity (Wildman–Crippen MR) is 63.0 cm³/mol. The van der Waals surface area contributed by atoms with Crippen molar-refractivity contribution >= 4 is 17.9 Å². The van der Waals surface area contributed by atoms with Crippen LogP contribution in [-0.2, 0) is 4.79 Å². The number of rotatable bonds is 2. The first-order chi connectivity index (χ1) is 8.68. The summed E-state index contributed by atoms with van der Waals surface area (Å²) in [4.78, 5) is 32.1. The molecular weight excluding hydrogens is 236 g/mol. The Bertz CT molecular complexity index is 437. The fourth-order valence-corrected chi connectivity index (χ4v) is 1.96. The summed E-state index contributed by atoms with van der Waals surface area (Å²) in [5, 5.41) is 11.6. The number of aromatic nitrogens is 2. The molecule has 1 fully saturated rings. The van der Waals surface area contributed by atoms with Gasteiger partial charge in [0, 0.05) is 18.9 Å². The van der Waals surface area contributed by atoms with E-state index in [0.29, 0.717) is 13.0 Å². The topological polar surface area (TPSA) is 95.4 Å². The molecule has 2 amide bonds. The van der Waals surface area contributed by atoms with E-state index in [0.717, 1.165) is 12.8 Å². The van der Waals surface area contributed by atoms with Crippen LogP contribution < -0.4 is 5.32 Å². The van der Waals surface area contributed by atoms with Crippen LogP contribution in [0.4, 0.5) is 10.7 Å². The first-order valence-corrected chi connectivity index (χ1v) is 5.76. The van der Waals surface area contributed by atoms with Crippen LogP contribution in [-0.4, -0.2) is 44.6 Å². The van der Waals surface area contributed by atoms with Crippen molar-refractivity contribution in [3.05, 3.63) is 18.5 Å². The van der Waals surface area contributed by atoms with Gasteiger partial charge in [-0.05, 0) is 25.3 Å². The summed E-state index contributed by atoms with van der Waals surface area (Å²) in [6, 6.07) is 0.409. The molecule has 7 nitrogen and oxygen atoms in total.